The van der Waals surface area contributed by atoms with Crippen LogP contribution < -0.4 is 5.63 Å². The lowest BCUT2D eigenvalue weighted by Gasteiger charge is -2.12. The fourth-order valence-corrected chi connectivity index (χ4v) is 2.85. The van der Waals surface area contributed by atoms with Gasteiger partial charge in [-0.25, -0.2) is 4.79 Å². The van der Waals surface area contributed by atoms with Gasteiger partial charge in [0.2, 0.25) is 0 Å². The van der Waals surface area contributed by atoms with Crippen LogP contribution in [0.1, 0.15) is 37.8 Å². The molecule has 112 valence electrons. The molecule has 0 fully saturated rings. The standard InChI is InChI=1S/C20H20O2/c1-4-14-7-5-6-8-16(14)17-12-20(21)22-19-10-9-15(13(2)3)11-18(17)19/h5-13H,4H2,1-3H3. The highest BCUT2D eigenvalue weighted by Crippen LogP contribution is 2.32. The summed E-state index contributed by atoms with van der Waals surface area (Å²) in [6.45, 7) is 6.46. The van der Waals surface area contributed by atoms with E-state index >= 15 is 0 Å². The molecular weight excluding hydrogens is 272 g/mol. The van der Waals surface area contributed by atoms with E-state index < -0.39 is 0 Å². The maximum Gasteiger partial charge on any atom is 0.336 e. The molecule has 0 atom stereocenters. The van der Waals surface area contributed by atoms with Crippen molar-refractivity contribution in [2.45, 2.75) is 33.1 Å². The van der Waals surface area contributed by atoms with Gasteiger partial charge < -0.3 is 4.42 Å². The summed E-state index contributed by atoms with van der Waals surface area (Å²) in [4.78, 5) is 11.9. The Balaban J connectivity index is 2.36. The summed E-state index contributed by atoms with van der Waals surface area (Å²) in [5, 5.41) is 1.01. The van der Waals surface area contributed by atoms with Gasteiger partial charge in [0, 0.05) is 17.0 Å². The SMILES string of the molecule is CCc1ccccc1-c1cc(=O)oc2ccc(C(C)C)cc12. The quantitative estimate of drug-likeness (QED) is 0.625. The Morgan fingerprint density at radius 3 is 2.50 bits per heavy atom. The Morgan fingerprint density at radius 1 is 1.00 bits per heavy atom. The Hall–Kier alpha value is -2.35. The zero-order valence-corrected chi connectivity index (χ0v) is 13.2. The minimum atomic E-state index is -0.300. The van der Waals surface area contributed by atoms with E-state index in [0.717, 1.165) is 22.9 Å². The van der Waals surface area contributed by atoms with Crippen molar-refractivity contribution in [3.8, 4) is 11.1 Å². The third-order valence-electron chi connectivity index (χ3n) is 4.12. The van der Waals surface area contributed by atoms with Gasteiger partial charge in [-0.05, 0) is 41.2 Å². The number of rotatable bonds is 3. The van der Waals surface area contributed by atoms with Crippen molar-refractivity contribution in [3.05, 3.63) is 70.1 Å². The van der Waals surface area contributed by atoms with E-state index in [-0.39, 0.29) is 5.63 Å². The third kappa shape index (κ3) is 2.57. The third-order valence-corrected chi connectivity index (χ3v) is 4.12. The van der Waals surface area contributed by atoms with Gasteiger partial charge in [0.1, 0.15) is 5.58 Å². The van der Waals surface area contributed by atoms with Crippen molar-refractivity contribution < 1.29 is 4.42 Å². The fourth-order valence-electron chi connectivity index (χ4n) is 2.85. The highest BCUT2D eigenvalue weighted by atomic mass is 16.4. The molecule has 0 amide bonds. The van der Waals surface area contributed by atoms with Crippen molar-refractivity contribution in [1.29, 1.82) is 0 Å². The molecule has 0 aliphatic heterocycles. The summed E-state index contributed by atoms with van der Waals surface area (Å²) >= 11 is 0. The first-order chi connectivity index (χ1) is 10.6. The first-order valence-corrected chi connectivity index (χ1v) is 7.76. The average molecular weight is 292 g/mol. The molecule has 0 saturated heterocycles. The van der Waals surface area contributed by atoms with Gasteiger partial charge in [-0.2, -0.15) is 0 Å². The molecule has 2 heteroatoms. The van der Waals surface area contributed by atoms with E-state index in [1.165, 1.54) is 11.1 Å². The van der Waals surface area contributed by atoms with Gasteiger partial charge in [-0.15, -0.1) is 0 Å². The van der Waals surface area contributed by atoms with Gasteiger partial charge in [0.15, 0.2) is 0 Å². The van der Waals surface area contributed by atoms with Crippen LogP contribution in [0.2, 0.25) is 0 Å². The molecule has 0 aliphatic rings. The number of fused-ring (bicyclic) bond motifs is 1. The van der Waals surface area contributed by atoms with Crippen molar-refractivity contribution in [2.75, 3.05) is 0 Å². The van der Waals surface area contributed by atoms with E-state index in [1.54, 1.807) is 6.07 Å². The van der Waals surface area contributed by atoms with Gasteiger partial charge in [0.05, 0.1) is 0 Å². The van der Waals surface area contributed by atoms with Crippen LogP contribution in [0.4, 0.5) is 0 Å². The molecule has 0 aliphatic carbocycles. The van der Waals surface area contributed by atoms with Gasteiger partial charge in [0.25, 0.3) is 0 Å². The Kier molecular flexibility index (Phi) is 3.84. The molecule has 0 saturated carbocycles. The van der Waals surface area contributed by atoms with E-state index in [1.807, 2.05) is 24.3 Å². The second kappa shape index (κ2) is 5.80. The summed E-state index contributed by atoms with van der Waals surface area (Å²) in [6.07, 6.45) is 0.932. The van der Waals surface area contributed by atoms with Crippen LogP contribution in [0.15, 0.2) is 57.7 Å². The van der Waals surface area contributed by atoms with E-state index in [2.05, 4.69) is 39.0 Å². The maximum atomic E-state index is 11.9. The average Bonchev–Trinajstić information content (AvgIpc) is 2.53. The molecule has 0 spiro atoms. The molecule has 3 aromatic rings. The Labute approximate surface area is 130 Å². The molecule has 0 bridgehead atoms. The van der Waals surface area contributed by atoms with E-state index in [0.29, 0.717) is 11.5 Å². The molecule has 2 nitrogen and oxygen atoms in total. The summed E-state index contributed by atoms with van der Waals surface area (Å²) in [6, 6.07) is 15.9. The highest BCUT2D eigenvalue weighted by Gasteiger charge is 2.12. The van der Waals surface area contributed by atoms with Crippen LogP contribution >= 0.6 is 0 Å². The normalized spacial score (nSPS) is 11.3. The molecule has 22 heavy (non-hydrogen) atoms. The molecular formula is C20H20O2. The van der Waals surface area contributed by atoms with Crippen LogP contribution in [0.5, 0.6) is 0 Å². The number of hydrogen-bond donors (Lipinski definition) is 0. The monoisotopic (exact) mass is 292 g/mol. The van der Waals surface area contributed by atoms with Gasteiger partial charge in [-0.1, -0.05) is 51.1 Å². The minimum absolute atomic E-state index is 0.300. The lowest BCUT2D eigenvalue weighted by molar-refractivity contribution is 0.561. The minimum Gasteiger partial charge on any atom is -0.423 e. The number of hydrogen-bond acceptors (Lipinski definition) is 2. The topological polar surface area (TPSA) is 30.2 Å². The van der Waals surface area contributed by atoms with Crippen molar-refractivity contribution in [1.82, 2.24) is 0 Å². The van der Waals surface area contributed by atoms with E-state index in [4.69, 9.17) is 4.42 Å². The smallest absolute Gasteiger partial charge is 0.336 e. The first-order valence-electron chi connectivity index (χ1n) is 7.76. The largest absolute Gasteiger partial charge is 0.423 e. The second-order valence-corrected chi connectivity index (χ2v) is 5.90. The molecule has 0 radical (unpaired) electrons. The van der Waals surface area contributed by atoms with Crippen LogP contribution in [0.3, 0.4) is 0 Å². The lowest BCUT2D eigenvalue weighted by Crippen LogP contribution is -2.00. The van der Waals surface area contributed by atoms with Crippen LogP contribution in [0, 0.1) is 0 Å². The summed E-state index contributed by atoms with van der Waals surface area (Å²) in [5.74, 6) is 0.436. The van der Waals surface area contributed by atoms with Crippen LogP contribution in [0.25, 0.3) is 22.1 Å². The first kappa shape index (κ1) is 14.6. The molecule has 0 N–H and O–H groups in total. The number of aryl methyl sites for hydroxylation is 1. The van der Waals surface area contributed by atoms with Crippen molar-refractivity contribution >= 4 is 11.0 Å². The lowest BCUT2D eigenvalue weighted by atomic mass is 9.93. The predicted molar refractivity (Wildman–Crippen MR) is 91.4 cm³/mol. The molecule has 1 heterocycles. The molecule has 1 aromatic heterocycles. The maximum absolute atomic E-state index is 11.9. The van der Waals surface area contributed by atoms with Gasteiger partial charge in [-0.3, -0.25) is 0 Å². The predicted octanol–water partition coefficient (Wildman–Crippen LogP) is 5.15. The fraction of sp³-hybridized carbons (Fsp3) is 0.250. The Morgan fingerprint density at radius 2 is 1.77 bits per heavy atom. The van der Waals surface area contributed by atoms with Crippen LogP contribution in [-0.2, 0) is 6.42 Å². The van der Waals surface area contributed by atoms with Crippen LogP contribution in [-0.4, -0.2) is 0 Å². The van der Waals surface area contributed by atoms with Crippen molar-refractivity contribution in [2.24, 2.45) is 0 Å². The Bertz CT molecular complexity index is 872. The zero-order chi connectivity index (χ0) is 15.7. The molecule has 3 rings (SSSR count). The van der Waals surface area contributed by atoms with Crippen molar-refractivity contribution in [3.63, 3.8) is 0 Å². The summed E-state index contributed by atoms with van der Waals surface area (Å²) in [5.41, 5.74) is 4.92. The zero-order valence-electron chi connectivity index (χ0n) is 13.2. The highest BCUT2D eigenvalue weighted by molar-refractivity contribution is 5.94. The second-order valence-electron chi connectivity index (χ2n) is 5.90. The number of benzene rings is 2. The summed E-state index contributed by atoms with van der Waals surface area (Å²) in [7, 11) is 0. The molecule has 2 aromatic carbocycles. The van der Waals surface area contributed by atoms with E-state index in [9.17, 15) is 4.79 Å². The molecule has 0 unspecified atom stereocenters. The summed E-state index contributed by atoms with van der Waals surface area (Å²) < 4.78 is 5.38. The van der Waals surface area contributed by atoms with Gasteiger partial charge >= 0.3 is 5.63 Å².